The van der Waals surface area contributed by atoms with E-state index in [1.54, 1.807) is 0 Å². The Morgan fingerprint density at radius 2 is 0.818 bits per heavy atom. The molecule has 0 aliphatic rings. The van der Waals surface area contributed by atoms with Crippen molar-refractivity contribution in [2.24, 2.45) is 0 Å². The maximum Gasteiger partial charge on any atom is 2.00 e. The van der Waals surface area contributed by atoms with Gasteiger partial charge >= 0.3 is 27.3 Å². The number of hydrogen-bond donors (Lipinski definition) is 2. The zero-order valence-electron chi connectivity index (χ0n) is 4.87. The zero-order chi connectivity index (χ0) is 9.00. The first-order valence-corrected chi connectivity index (χ1v) is 4.10. The van der Waals surface area contributed by atoms with Gasteiger partial charge in [0.2, 0.25) is 20.8 Å². The molecule has 0 saturated heterocycles. The van der Waals surface area contributed by atoms with Gasteiger partial charge in [0.1, 0.15) is 0 Å². The molecule has 0 unspecified atom stereocenters. The van der Waals surface area contributed by atoms with E-state index in [1.807, 2.05) is 0 Å². The van der Waals surface area contributed by atoms with Crippen LogP contribution in [0.4, 0.5) is 0 Å². The van der Waals surface area contributed by atoms with Crippen LogP contribution in [-0.4, -0.2) is 35.0 Å². The predicted octanol–water partition coefficient (Wildman–Crippen LogP) is -1.99. The van der Waals surface area contributed by atoms with Gasteiger partial charge in [0.15, 0.2) is 0 Å². The molecule has 0 aromatic rings. The molecule has 11 heteroatoms. The van der Waals surface area contributed by atoms with Crippen LogP contribution in [-0.2, 0) is 48.1 Å². The molecule has 2 N–H and O–H groups in total. The molecular weight excluding hydrogens is 305 g/mol. The Morgan fingerprint density at radius 3 is 0.818 bits per heavy atom. The Morgan fingerprint density at radius 1 is 0.818 bits per heavy atom. The van der Waals surface area contributed by atoms with Crippen molar-refractivity contribution in [3.63, 3.8) is 0 Å². The second kappa shape index (κ2) is 6.21. The van der Waals surface area contributed by atoms with Crippen molar-refractivity contribution < 1.29 is 62.3 Å². The van der Waals surface area contributed by atoms with E-state index < -0.39 is 20.8 Å². The predicted molar refractivity (Wildman–Crippen MR) is 24.7 cm³/mol. The van der Waals surface area contributed by atoms with Crippen molar-refractivity contribution in [3.05, 3.63) is 0 Å². The largest absolute Gasteiger partial charge is 2.00 e. The van der Waals surface area contributed by atoms with Gasteiger partial charge in [-0.1, -0.05) is 0 Å². The molecule has 0 aliphatic carbocycles. The van der Waals surface area contributed by atoms with Crippen LogP contribution in [0.15, 0.2) is 0 Å². The van der Waals surface area contributed by atoms with Gasteiger partial charge in [-0.25, -0.2) is 16.8 Å². The summed E-state index contributed by atoms with van der Waals surface area (Å²) in [6.07, 6.45) is 0. The topological polar surface area (TPSA) is 155 Å². The standard InChI is InChI=1S/Cd.2H2O4S/c;2*1-5(2,3)4/h;2*(H2,1,2,3,4)/q+2;;/p-2. The van der Waals surface area contributed by atoms with E-state index >= 15 is 0 Å². The summed E-state index contributed by atoms with van der Waals surface area (Å²) in [6, 6.07) is 0. The maximum absolute atomic E-state index is 8.63. The van der Waals surface area contributed by atoms with Gasteiger partial charge in [0, 0.05) is 0 Å². The van der Waals surface area contributed by atoms with Crippen LogP contribution in [0.25, 0.3) is 0 Å². The van der Waals surface area contributed by atoms with Gasteiger partial charge in [0.05, 0.1) is 0 Å². The molecular formula is H2CdO8S2. The number of rotatable bonds is 0. The van der Waals surface area contributed by atoms with Crippen molar-refractivity contribution in [1.29, 1.82) is 0 Å². The first kappa shape index (κ1) is 17.7. The quantitative estimate of drug-likeness (QED) is 0.296. The minimum Gasteiger partial charge on any atom is -0.726 e. The Hall–Kier alpha value is 0.662. The van der Waals surface area contributed by atoms with Gasteiger partial charge in [-0.15, -0.1) is 0 Å². The zero-order valence-corrected chi connectivity index (χ0v) is 10.5. The average molecular weight is 307 g/mol. The van der Waals surface area contributed by atoms with Crippen LogP contribution >= 0.6 is 0 Å². The normalized spacial score (nSPS) is 10.5. The van der Waals surface area contributed by atoms with Crippen LogP contribution in [0.3, 0.4) is 0 Å². The average Bonchev–Trinajstić information content (AvgIpc) is 1.12. The fourth-order valence-corrected chi connectivity index (χ4v) is 0. The Kier molecular flexibility index (Phi) is 9.97. The molecule has 64 valence electrons. The summed E-state index contributed by atoms with van der Waals surface area (Å²) in [5.41, 5.74) is 0. The van der Waals surface area contributed by atoms with Gasteiger partial charge in [-0.3, -0.25) is 9.11 Å². The summed E-state index contributed by atoms with van der Waals surface area (Å²) >= 11 is 0. The molecule has 0 amide bonds. The Balaban J connectivity index is -0.000000107. The van der Waals surface area contributed by atoms with Gasteiger partial charge in [0.25, 0.3) is 0 Å². The van der Waals surface area contributed by atoms with Gasteiger partial charge in [-0.05, 0) is 0 Å². The SMILES string of the molecule is O=S(=O)([O-])O.O=S(=O)([O-])O.[Cd+2]. The monoisotopic (exact) mass is 308 g/mol. The van der Waals surface area contributed by atoms with Gasteiger partial charge in [-0.2, -0.15) is 0 Å². The molecule has 11 heavy (non-hydrogen) atoms. The first-order chi connectivity index (χ1) is 4.00. The third-order valence-corrected chi connectivity index (χ3v) is 0. The van der Waals surface area contributed by atoms with E-state index in [4.69, 9.17) is 35.0 Å². The van der Waals surface area contributed by atoms with Gasteiger partial charge < -0.3 is 9.11 Å². The molecule has 0 bridgehead atoms. The van der Waals surface area contributed by atoms with Crippen molar-refractivity contribution in [2.75, 3.05) is 0 Å². The third-order valence-electron chi connectivity index (χ3n) is 0. The molecule has 0 atom stereocenters. The molecule has 8 nitrogen and oxygen atoms in total. The summed E-state index contributed by atoms with van der Waals surface area (Å²) in [5, 5.41) is 0. The molecule has 0 rings (SSSR count). The fraction of sp³-hybridized carbons (Fsp3) is 0. The summed E-state index contributed by atoms with van der Waals surface area (Å²) in [6.45, 7) is 0. The Labute approximate surface area is 82.9 Å². The maximum atomic E-state index is 8.63. The summed E-state index contributed by atoms with van der Waals surface area (Å²) in [7, 11) is -9.83. The van der Waals surface area contributed by atoms with Crippen molar-refractivity contribution in [1.82, 2.24) is 0 Å². The summed E-state index contributed by atoms with van der Waals surface area (Å²) in [5.74, 6) is 0. The molecule has 0 spiro atoms. The first-order valence-electron chi connectivity index (χ1n) is 1.37. The van der Waals surface area contributed by atoms with E-state index in [1.165, 1.54) is 0 Å². The van der Waals surface area contributed by atoms with E-state index in [9.17, 15) is 0 Å². The Bertz CT molecular complexity index is 208. The minimum absolute atomic E-state index is 0. The van der Waals surface area contributed by atoms with Crippen molar-refractivity contribution in [3.8, 4) is 0 Å². The molecule has 0 heterocycles. The van der Waals surface area contributed by atoms with Crippen LogP contribution in [0.1, 0.15) is 0 Å². The molecule has 0 radical (unpaired) electrons. The second-order valence-electron chi connectivity index (χ2n) is 0.855. The van der Waals surface area contributed by atoms with Crippen LogP contribution in [0.2, 0.25) is 0 Å². The molecule has 0 fully saturated rings. The van der Waals surface area contributed by atoms with Crippen LogP contribution in [0, 0.1) is 0 Å². The van der Waals surface area contributed by atoms with Crippen LogP contribution in [0.5, 0.6) is 0 Å². The van der Waals surface area contributed by atoms with E-state index in [0.717, 1.165) is 0 Å². The smallest absolute Gasteiger partial charge is 0.726 e. The van der Waals surface area contributed by atoms with Crippen molar-refractivity contribution in [2.45, 2.75) is 0 Å². The second-order valence-corrected chi connectivity index (χ2v) is 2.57. The summed E-state index contributed by atoms with van der Waals surface area (Å²) < 4.78 is 65.7. The van der Waals surface area contributed by atoms with E-state index in [-0.39, 0.29) is 27.3 Å². The summed E-state index contributed by atoms with van der Waals surface area (Å²) in [4.78, 5) is 0. The van der Waals surface area contributed by atoms with E-state index in [0.29, 0.717) is 0 Å². The molecule has 0 aliphatic heterocycles. The van der Waals surface area contributed by atoms with Crippen molar-refractivity contribution >= 4 is 20.8 Å². The minimum atomic E-state index is -4.92. The van der Waals surface area contributed by atoms with E-state index in [2.05, 4.69) is 0 Å². The molecule has 0 aromatic carbocycles. The number of hydrogen-bond acceptors (Lipinski definition) is 6. The van der Waals surface area contributed by atoms with Crippen LogP contribution < -0.4 is 0 Å². The molecule has 0 saturated carbocycles. The molecule has 0 aromatic heterocycles. The fourth-order valence-electron chi connectivity index (χ4n) is 0. The third kappa shape index (κ3) is 1830.